The van der Waals surface area contributed by atoms with Crippen LogP contribution in [0.3, 0.4) is 0 Å². The van der Waals surface area contributed by atoms with Crippen LogP contribution in [0.25, 0.3) is 0 Å². The third-order valence-corrected chi connectivity index (χ3v) is 4.15. The van der Waals surface area contributed by atoms with Crippen LogP contribution in [0.2, 0.25) is 0 Å². The molecule has 0 fully saturated rings. The standard InChI is InChI=1S/C13H20N4OS/c1-9-8-19-13(16-9)12(14-5-6-18-4)11-7-15-17(3)10(11)2/h7-8,12,14H,5-6H2,1-4H3. The third kappa shape index (κ3) is 3.20. The van der Waals surface area contributed by atoms with Crippen LogP contribution < -0.4 is 5.32 Å². The van der Waals surface area contributed by atoms with Gasteiger partial charge in [0.25, 0.3) is 0 Å². The van der Waals surface area contributed by atoms with Crippen molar-refractivity contribution in [2.45, 2.75) is 19.9 Å². The molecule has 104 valence electrons. The molecule has 0 aliphatic heterocycles. The van der Waals surface area contributed by atoms with Crippen LogP contribution in [-0.2, 0) is 11.8 Å². The predicted octanol–water partition coefficient (Wildman–Crippen LogP) is 1.82. The minimum atomic E-state index is 0.0857. The highest BCUT2D eigenvalue weighted by atomic mass is 32.1. The van der Waals surface area contributed by atoms with Gasteiger partial charge in [0.1, 0.15) is 5.01 Å². The van der Waals surface area contributed by atoms with Crippen LogP contribution in [0.15, 0.2) is 11.6 Å². The minimum Gasteiger partial charge on any atom is -0.383 e. The number of ether oxygens (including phenoxy) is 1. The van der Waals surface area contributed by atoms with Gasteiger partial charge in [0, 0.05) is 43.0 Å². The van der Waals surface area contributed by atoms with Crippen LogP contribution in [-0.4, -0.2) is 35.0 Å². The lowest BCUT2D eigenvalue weighted by molar-refractivity contribution is 0.197. The maximum Gasteiger partial charge on any atom is 0.115 e. The van der Waals surface area contributed by atoms with E-state index in [1.165, 1.54) is 5.56 Å². The average molecular weight is 280 g/mol. The first-order valence-corrected chi connectivity index (χ1v) is 7.14. The van der Waals surface area contributed by atoms with Crippen LogP contribution in [0.4, 0.5) is 0 Å². The molecule has 0 radical (unpaired) electrons. The maximum absolute atomic E-state index is 5.10. The van der Waals surface area contributed by atoms with Crippen molar-refractivity contribution < 1.29 is 4.74 Å². The summed E-state index contributed by atoms with van der Waals surface area (Å²) in [5.74, 6) is 0. The Labute approximate surface area is 117 Å². The zero-order valence-electron chi connectivity index (χ0n) is 11.8. The Hall–Kier alpha value is -1.24. The molecule has 0 aliphatic rings. The molecule has 0 aliphatic carbocycles. The van der Waals surface area contributed by atoms with E-state index in [1.54, 1.807) is 18.4 Å². The molecule has 1 N–H and O–H groups in total. The van der Waals surface area contributed by atoms with Gasteiger partial charge in [0.2, 0.25) is 0 Å². The van der Waals surface area contributed by atoms with E-state index in [-0.39, 0.29) is 6.04 Å². The Kier molecular flexibility index (Phi) is 4.68. The second-order valence-electron chi connectivity index (χ2n) is 4.52. The summed E-state index contributed by atoms with van der Waals surface area (Å²) in [5.41, 5.74) is 3.39. The van der Waals surface area contributed by atoms with Gasteiger partial charge in [0.15, 0.2) is 0 Å². The molecule has 2 rings (SSSR count). The summed E-state index contributed by atoms with van der Waals surface area (Å²) in [7, 11) is 3.66. The summed E-state index contributed by atoms with van der Waals surface area (Å²) in [6, 6.07) is 0.0857. The van der Waals surface area contributed by atoms with Gasteiger partial charge in [-0.15, -0.1) is 11.3 Å². The Morgan fingerprint density at radius 3 is 2.79 bits per heavy atom. The normalized spacial score (nSPS) is 12.8. The predicted molar refractivity (Wildman–Crippen MR) is 76.5 cm³/mol. The second kappa shape index (κ2) is 6.27. The molecule has 6 heteroatoms. The van der Waals surface area contributed by atoms with E-state index in [9.17, 15) is 0 Å². The van der Waals surface area contributed by atoms with Gasteiger partial charge >= 0.3 is 0 Å². The molecule has 0 aromatic carbocycles. The van der Waals surface area contributed by atoms with E-state index in [2.05, 4.69) is 27.7 Å². The van der Waals surface area contributed by atoms with Gasteiger partial charge in [-0.05, 0) is 13.8 Å². The molecule has 19 heavy (non-hydrogen) atoms. The van der Waals surface area contributed by atoms with E-state index in [0.717, 1.165) is 22.9 Å². The summed E-state index contributed by atoms with van der Waals surface area (Å²) < 4.78 is 6.99. The lowest BCUT2D eigenvalue weighted by Gasteiger charge is -2.16. The fraction of sp³-hybridized carbons (Fsp3) is 0.538. The Morgan fingerprint density at radius 1 is 1.47 bits per heavy atom. The monoisotopic (exact) mass is 280 g/mol. The largest absolute Gasteiger partial charge is 0.383 e. The van der Waals surface area contributed by atoms with Gasteiger partial charge in [-0.3, -0.25) is 4.68 Å². The van der Waals surface area contributed by atoms with Crippen molar-refractivity contribution in [2.75, 3.05) is 20.3 Å². The third-order valence-electron chi connectivity index (χ3n) is 3.12. The van der Waals surface area contributed by atoms with Crippen LogP contribution in [0, 0.1) is 13.8 Å². The summed E-state index contributed by atoms with van der Waals surface area (Å²) >= 11 is 1.68. The molecule has 2 heterocycles. The molecule has 1 atom stereocenters. The lowest BCUT2D eigenvalue weighted by atomic mass is 10.1. The van der Waals surface area contributed by atoms with Crippen molar-refractivity contribution in [3.05, 3.63) is 33.5 Å². The van der Waals surface area contributed by atoms with Crippen molar-refractivity contribution >= 4 is 11.3 Å². The zero-order chi connectivity index (χ0) is 13.8. The van der Waals surface area contributed by atoms with E-state index in [0.29, 0.717) is 6.61 Å². The smallest absolute Gasteiger partial charge is 0.115 e. The number of nitrogens with one attached hydrogen (secondary N) is 1. The van der Waals surface area contributed by atoms with Crippen LogP contribution in [0.5, 0.6) is 0 Å². The first-order chi connectivity index (χ1) is 9.13. The van der Waals surface area contributed by atoms with Crippen molar-refractivity contribution in [2.24, 2.45) is 7.05 Å². The summed E-state index contributed by atoms with van der Waals surface area (Å²) in [5, 5.41) is 11.0. The number of methoxy groups -OCH3 is 1. The molecular weight excluding hydrogens is 260 g/mol. The minimum absolute atomic E-state index is 0.0857. The quantitative estimate of drug-likeness (QED) is 0.820. The van der Waals surface area contributed by atoms with Crippen molar-refractivity contribution in [3.8, 4) is 0 Å². The Balaban J connectivity index is 2.26. The topological polar surface area (TPSA) is 52.0 Å². The number of aromatic nitrogens is 3. The SMILES string of the molecule is COCCNC(c1nc(C)cs1)c1cnn(C)c1C. The van der Waals surface area contributed by atoms with Crippen molar-refractivity contribution in [1.82, 2.24) is 20.1 Å². The van der Waals surface area contributed by atoms with Crippen molar-refractivity contribution in [3.63, 3.8) is 0 Å². The molecule has 0 bridgehead atoms. The Morgan fingerprint density at radius 2 is 2.26 bits per heavy atom. The lowest BCUT2D eigenvalue weighted by Crippen LogP contribution is -2.26. The summed E-state index contributed by atoms with van der Waals surface area (Å²) in [6.07, 6.45) is 1.91. The van der Waals surface area contributed by atoms with Gasteiger partial charge in [-0.1, -0.05) is 0 Å². The van der Waals surface area contributed by atoms with E-state index in [1.807, 2.05) is 24.9 Å². The van der Waals surface area contributed by atoms with E-state index < -0.39 is 0 Å². The summed E-state index contributed by atoms with van der Waals surface area (Å²) in [6.45, 7) is 5.56. The highest BCUT2D eigenvalue weighted by Gasteiger charge is 2.20. The molecule has 0 saturated carbocycles. The van der Waals surface area contributed by atoms with Crippen LogP contribution in [0.1, 0.15) is 28.0 Å². The first kappa shape index (κ1) is 14.2. The van der Waals surface area contributed by atoms with Gasteiger partial charge in [-0.2, -0.15) is 5.10 Å². The highest BCUT2D eigenvalue weighted by molar-refractivity contribution is 7.09. The fourth-order valence-corrected chi connectivity index (χ4v) is 2.83. The molecular formula is C13H20N4OS. The molecule has 0 spiro atoms. The fourth-order valence-electron chi connectivity index (χ4n) is 1.94. The van der Waals surface area contributed by atoms with E-state index >= 15 is 0 Å². The molecule has 2 aromatic heterocycles. The second-order valence-corrected chi connectivity index (χ2v) is 5.41. The number of aryl methyl sites for hydroxylation is 2. The molecule has 2 aromatic rings. The summed E-state index contributed by atoms with van der Waals surface area (Å²) in [4.78, 5) is 4.59. The first-order valence-electron chi connectivity index (χ1n) is 6.26. The van der Waals surface area contributed by atoms with Gasteiger partial charge in [0.05, 0.1) is 18.8 Å². The zero-order valence-corrected chi connectivity index (χ0v) is 12.6. The molecule has 1 unspecified atom stereocenters. The van der Waals surface area contributed by atoms with E-state index in [4.69, 9.17) is 4.74 Å². The van der Waals surface area contributed by atoms with Gasteiger partial charge < -0.3 is 10.1 Å². The number of thiazole rings is 1. The maximum atomic E-state index is 5.10. The number of hydrogen-bond donors (Lipinski definition) is 1. The van der Waals surface area contributed by atoms with Gasteiger partial charge in [-0.25, -0.2) is 4.98 Å². The molecule has 0 saturated heterocycles. The number of nitrogens with zero attached hydrogens (tertiary/aromatic N) is 3. The van der Waals surface area contributed by atoms with Crippen LogP contribution >= 0.6 is 11.3 Å². The average Bonchev–Trinajstić information content (AvgIpc) is 2.95. The molecule has 5 nitrogen and oxygen atoms in total. The molecule has 0 amide bonds. The highest BCUT2D eigenvalue weighted by Crippen LogP contribution is 2.26. The van der Waals surface area contributed by atoms with Crippen molar-refractivity contribution in [1.29, 1.82) is 0 Å². The number of hydrogen-bond acceptors (Lipinski definition) is 5. The Bertz CT molecular complexity index is 534. The number of rotatable bonds is 6.